The first-order valence-electron chi connectivity index (χ1n) is 5.89. The summed E-state index contributed by atoms with van der Waals surface area (Å²) in [5.74, 6) is 1.01. The van der Waals surface area contributed by atoms with E-state index < -0.39 is 0 Å². The number of hydrogen-bond donors (Lipinski definition) is 0. The van der Waals surface area contributed by atoms with Crippen molar-refractivity contribution in [1.29, 1.82) is 0 Å². The van der Waals surface area contributed by atoms with Gasteiger partial charge in [0, 0.05) is 24.0 Å². The van der Waals surface area contributed by atoms with Crippen molar-refractivity contribution >= 4 is 12.2 Å². The third kappa shape index (κ3) is 2.74. The summed E-state index contributed by atoms with van der Waals surface area (Å²) in [4.78, 5) is 3.96. The van der Waals surface area contributed by atoms with E-state index in [0.29, 0.717) is 11.8 Å². The van der Waals surface area contributed by atoms with Gasteiger partial charge >= 0.3 is 0 Å². The van der Waals surface area contributed by atoms with E-state index in [1.54, 1.807) is 18.5 Å². The van der Waals surface area contributed by atoms with Gasteiger partial charge in [-0.05, 0) is 35.9 Å². The third-order valence-electron chi connectivity index (χ3n) is 2.59. The lowest BCUT2D eigenvalue weighted by atomic mass is 10.2. The Hall–Kier alpha value is -2.75. The average molecular weight is 249 g/mol. The Morgan fingerprint density at radius 1 is 0.842 bits per heavy atom. The van der Waals surface area contributed by atoms with E-state index in [4.69, 9.17) is 4.42 Å². The second-order valence-corrected chi connectivity index (χ2v) is 3.93. The van der Waals surface area contributed by atoms with Gasteiger partial charge in [0.15, 0.2) is 0 Å². The zero-order valence-corrected chi connectivity index (χ0v) is 10.1. The Labute approximate surface area is 110 Å². The Bertz CT molecular complexity index is 675. The van der Waals surface area contributed by atoms with Gasteiger partial charge in [0.25, 0.3) is 0 Å². The monoisotopic (exact) mass is 249 g/mol. The first-order chi connectivity index (χ1) is 9.42. The van der Waals surface area contributed by atoms with Gasteiger partial charge in [-0.2, -0.15) is 0 Å². The second-order valence-electron chi connectivity index (χ2n) is 3.93. The van der Waals surface area contributed by atoms with Crippen molar-refractivity contribution < 1.29 is 4.42 Å². The molecule has 4 nitrogen and oxygen atoms in total. The van der Waals surface area contributed by atoms with Crippen LogP contribution in [0.3, 0.4) is 0 Å². The molecule has 0 amide bonds. The fraction of sp³-hybridized carbons (Fsp3) is 0. The topological polar surface area (TPSA) is 51.8 Å². The van der Waals surface area contributed by atoms with Crippen LogP contribution in [0.1, 0.15) is 11.5 Å². The summed E-state index contributed by atoms with van der Waals surface area (Å²) in [6.45, 7) is 0. The number of hydrogen-bond acceptors (Lipinski definition) is 4. The van der Waals surface area contributed by atoms with Crippen molar-refractivity contribution in [2.75, 3.05) is 0 Å². The minimum absolute atomic E-state index is 0.482. The van der Waals surface area contributed by atoms with E-state index in [0.717, 1.165) is 11.1 Å². The maximum Gasteiger partial charge on any atom is 0.248 e. The smallest absolute Gasteiger partial charge is 0.248 e. The molecule has 2 aromatic heterocycles. The molecule has 0 bridgehead atoms. The van der Waals surface area contributed by atoms with Crippen molar-refractivity contribution in [3.8, 4) is 11.5 Å². The Kier molecular flexibility index (Phi) is 3.14. The van der Waals surface area contributed by atoms with Gasteiger partial charge in [-0.3, -0.25) is 4.98 Å². The Balaban J connectivity index is 1.81. The number of aromatic nitrogens is 3. The average Bonchev–Trinajstić information content (AvgIpc) is 2.96. The fourth-order valence-electron chi connectivity index (χ4n) is 1.64. The van der Waals surface area contributed by atoms with E-state index in [1.165, 1.54) is 0 Å². The summed E-state index contributed by atoms with van der Waals surface area (Å²) in [6.07, 6.45) is 7.17. The van der Waals surface area contributed by atoms with Crippen LogP contribution in [0.25, 0.3) is 23.6 Å². The molecule has 3 rings (SSSR count). The molecule has 4 heteroatoms. The first kappa shape index (κ1) is 11.3. The normalized spacial score (nSPS) is 10.9. The molecule has 3 aromatic rings. The highest BCUT2D eigenvalue weighted by atomic mass is 16.4. The van der Waals surface area contributed by atoms with Crippen molar-refractivity contribution in [3.63, 3.8) is 0 Å². The van der Waals surface area contributed by atoms with Crippen LogP contribution in [0, 0.1) is 0 Å². The molecule has 0 saturated carbocycles. The lowest BCUT2D eigenvalue weighted by Crippen LogP contribution is -1.75. The number of nitrogens with zero attached hydrogens (tertiary/aromatic N) is 3. The molecule has 0 radical (unpaired) electrons. The van der Waals surface area contributed by atoms with E-state index >= 15 is 0 Å². The predicted molar refractivity (Wildman–Crippen MR) is 72.9 cm³/mol. The molecule has 0 atom stereocenters. The van der Waals surface area contributed by atoms with Crippen molar-refractivity contribution in [3.05, 3.63) is 66.3 Å². The first-order valence-corrected chi connectivity index (χ1v) is 5.89. The Morgan fingerprint density at radius 3 is 2.42 bits per heavy atom. The zero-order valence-electron chi connectivity index (χ0n) is 10.1. The SMILES string of the molecule is C(=Cc1nnc(-c2ccccc2)o1)c1ccncc1. The summed E-state index contributed by atoms with van der Waals surface area (Å²) in [5.41, 5.74) is 1.95. The Morgan fingerprint density at radius 2 is 1.63 bits per heavy atom. The molecule has 0 aliphatic heterocycles. The third-order valence-corrected chi connectivity index (χ3v) is 2.59. The molecule has 92 valence electrons. The van der Waals surface area contributed by atoms with Crippen LogP contribution in [-0.4, -0.2) is 15.2 Å². The minimum atomic E-state index is 0.482. The lowest BCUT2D eigenvalue weighted by molar-refractivity contribution is 0.558. The predicted octanol–water partition coefficient (Wildman–Crippen LogP) is 3.30. The zero-order chi connectivity index (χ0) is 12.9. The lowest BCUT2D eigenvalue weighted by Gasteiger charge is -1.91. The molecule has 0 spiro atoms. The quantitative estimate of drug-likeness (QED) is 0.714. The fourth-order valence-corrected chi connectivity index (χ4v) is 1.64. The van der Waals surface area contributed by atoms with Gasteiger partial charge in [-0.25, -0.2) is 0 Å². The van der Waals surface area contributed by atoms with Gasteiger partial charge in [-0.15, -0.1) is 10.2 Å². The van der Waals surface area contributed by atoms with Gasteiger partial charge in [-0.1, -0.05) is 18.2 Å². The highest BCUT2D eigenvalue weighted by Gasteiger charge is 2.05. The molecular weight excluding hydrogens is 238 g/mol. The van der Waals surface area contributed by atoms with Crippen LogP contribution in [-0.2, 0) is 0 Å². The van der Waals surface area contributed by atoms with Gasteiger partial charge in [0.05, 0.1) is 0 Å². The molecule has 0 saturated heterocycles. The molecule has 1 aromatic carbocycles. The molecule has 2 heterocycles. The summed E-state index contributed by atoms with van der Waals surface area (Å²) >= 11 is 0. The highest BCUT2D eigenvalue weighted by molar-refractivity contribution is 5.66. The largest absolute Gasteiger partial charge is 0.417 e. The van der Waals surface area contributed by atoms with Gasteiger partial charge in [0.2, 0.25) is 11.8 Å². The molecule has 0 unspecified atom stereocenters. The molecule has 19 heavy (non-hydrogen) atoms. The number of rotatable bonds is 3. The molecule has 0 fully saturated rings. The van der Waals surface area contributed by atoms with Crippen LogP contribution < -0.4 is 0 Å². The van der Waals surface area contributed by atoms with E-state index in [-0.39, 0.29) is 0 Å². The van der Waals surface area contributed by atoms with Crippen molar-refractivity contribution in [1.82, 2.24) is 15.2 Å². The molecule has 0 aliphatic carbocycles. The number of benzene rings is 1. The minimum Gasteiger partial charge on any atom is -0.417 e. The van der Waals surface area contributed by atoms with Crippen LogP contribution in [0.4, 0.5) is 0 Å². The summed E-state index contributed by atoms with van der Waals surface area (Å²) in [7, 11) is 0. The van der Waals surface area contributed by atoms with E-state index in [1.807, 2.05) is 48.5 Å². The molecular formula is C15H11N3O. The molecule has 0 N–H and O–H groups in total. The van der Waals surface area contributed by atoms with Gasteiger partial charge < -0.3 is 4.42 Å². The van der Waals surface area contributed by atoms with E-state index in [9.17, 15) is 0 Å². The summed E-state index contributed by atoms with van der Waals surface area (Å²) in [6, 6.07) is 13.5. The van der Waals surface area contributed by atoms with Crippen molar-refractivity contribution in [2.45, 2.75) is 0 Å². The van der Waals surface area contributed by atoms with Gasteiger partial charge in [0.1, 0.15) is 0 Å². The van der Waals surface area contributed by atoms with E-state index in [2.05, 4.69) is 15.2 Å². The van der Waals surface area contributed by atoms with Crippen LogP contribution in [0.5, 0.6) is 0 Å². The van der Waals surface area contributed by atoms with Crippen LogP contribution in [0.2, 0.25) is 0 Å². The maximum absolute atomic E-state index is 5.57. The molecule has 0 aliphatic rings. The summed E-state index contributed by atoms with van der Waals surface area (Å²) in [5, 5.41) is 8.01. The van der Waals surface area contributed by atoms with Crippen molar-refractivity contribution in [2.24, 2.45) is 0 Å². The number of pyridine rings is 1. The maximum atomic E-state index is 5.57. The highest BCUT2D eigenvalue weighted by Crippen LogP contribution is 2.17. The second kappa shape index (κ2) is 5.27. The van der Waals surface area contributed by atoms with Crippen LogP contribution in [0.15, 0.2) is 59.3 Å². The van der Waals surface area contributed by atoms with Crippen LogP contribution >= 0.6 is 0 Å². The summed E-state index contributed by atoms with van der Waals surface area (Å²) < 4.78 is 5.57. The standard InChI is InChI=1S/C15H11N3O/c1-2-4-13(5-3-1)15-18-17-14(19-15)7-6-12-8-10-16-11-9-12/h1-11H.